The van der Waals surface area contributed by atoms with Crippen LogP contribution >= 0.6 is 23.1 Å². The molecular formula is C25H30N2O2S2. The topological polar surface area (TPSA) is 42.4 Å². The second-order valence-corrected chi connectivity index (χ2v) is 10.6. The number of para-hydroxylation sites is 1. The van der Waals surface area contributed by atoms with Crippen molar-refractivity contribution in [2.75, 3.05) is 23.8 Å². The van der Waals surface area contributed by atoms with E-state index in [-0.39, 0.29) is 12.0 Å². The van der Waals surface area contributed by atoms with Crippen molar-refractivity contribution in [1.82, 2.24) is 4.98 Å². The van der Waals surface area contributed by atoms with Gasteiger partial charge in [0.2, 0.25) is 5.91 Å². The molecular weight excluding hydrogens is 424 g/mol. The highest BCUT2D eigenvalue weighted by Gasteiger charge is 2.26. The Balaban J connectivity index is 1.52. The summed E-state index contributed by atoms with van der Waals surface area (Å²) >= 11 is 3.34. The maximum atomic E-state index is 13.3. The van der Waals surface area contributed by atoms with E-state index in [1.807, 2.05) is 4.90 Å². The molecule has 1 saturated heterocycles. The first kappa shape index (κ1) is 22.3. The van der Waals surface area contributed by atoms with E-state index in [4.69, 9.17) is 9.72 Å². The SMILES string of the molecule is Cc1ccc(SCCC(=O)N(CC2CCCO2)c2nc3c(C(C)C)cccc3s2)cc1. The molecule has 31 heavy (non-hydrogen) atoms. The number of fused-ring (bicyclic) bond motifs is 1. The molecule has 1 aliphatic rings. The Bertz CT molecular complexity index is 1020. The normalized spacial score (nSPS) is 16.3. The van der Waals surface area contributed by atoms with Crippen LogP contribution in [0.4, 0.5) is 5.13 Å². The van der Waals surface area contributed by atoms with E-state index in [9.17, 15) is 4.79 Å². The number of rotatable bonds is 8. The van der Waals surface area contributed by atoms with Gasteiger partial charge >= 0.3 is 0 Å². The van der Waals surface area contributed by atoms with Gasteiger partial charge in [0.1, 0.15) is 0 Å². The first-order chi connectivity index (χ1) is 15.0. The first-order valence-electron chi connectivity index (χ1n) is 11.0. The number of hydrogen-bond donors (Lipinski definition) is 0. The molecule has 1 unspecified atom stereocenters. The van der Waals surface area contributed by atoms with E-state index in [0.29, 0.717) is 18.9 Å². The number of benzene rings is 2. The van der Waals surface area contributed by atoms with Crippen LogP contribution in [0.1, 0.15) is 50.2 Å². The second kappa shape index (κ2) is 10.2. The van der Waals surface area contributed by atoms with Crippen LogP contribution in [0.2, 0.25) is 0 Å². The van der Waals surface area contributed by atoms with Crippen molar-refractivity contribution in [2.45, 2.75) is 57.0 Å². The Morgan fingerprint density at radius 1 is 1.26 bits per heavy atom. The maximum absolute atomic E-state index is 13.3. The van der Waals surface area contributed by atoms with E-state index >= 15 is 0 Å². The summed E-state index contributed by atoms with van der Waals surface area (Å²) in [5.41, 5.74) is 3.51. The molecule has 0 N–H and O–H groups in total. The number of thiazole rings is 1. The smallest absolute Gasteiger partial charge is 0.229 e. The molecule has 0 spiro atoms. The molecule has 2 aromatic carbocycles. The van der Waals surface area contributed by atoms with E-state index < -0.39 is 0 Å². The Kier molecular flexibility index (Phi) is 7.31. The molecule has 2 heterocycles. The molecule has 0 saturated carbocycles. The average molecular weight is 455 g/mol. The fourth-order valence-corrected chi connectivity index (χ4v) is 5.71. The number of aryl methyl sites for hydroxylation is 1. The first-order valence-corrected chi connectivity index (χ1v) is 12.8. The summed E-state index contributed by atoms with van der Waals surface area (Å²) in [6, 6.07) is 14.8. The molecule has 4 nitrogen and oxygen atoms in total. The predicted molar refractivity (Wildman–Crippen MR) is 132 cm³/mol. The van der Waals surface area contributed by atoms with Gasteiger partial charge in [0.05, 0.1) is 22.9 Å². The molecule has 1 fully saturated rings. The lowest BCUT2D eigenvalue weighted by Gasteiger charge is -2.23. The number of anilines is 1. The van der Waals surface area contributed by atoms with Gasteiger partial charge in [0.25, 0.3) is 0 Å². The number of carbonyl (C=O) groups excluding carboxylic acids is 1. The molecule has 164 valence electrons. The second-order valence-electron chi connectivity index (χ2n) is 8.40. The lowest BCUT2D eigenvalue weighted by atomic mass is 10.0. The van der Waals surface area contributed by atoms with Gasteiger partial charge in [-0.15, -0.1) is 11.8 Å². The van der Waals surface area contributed by atoms with Crippen LogP contribution in [0.3, 0.4) is 0 Å². The minimum atomic E-state index is 0.102. The van der Waals surface area contributed by atoms with Gasteiger partial charge in [0, 0.05) is 23.7 Å². The highest BCUT2D eigenvalue weighted by molar-refractivity contribution is 7.99. The van der Waals surface area contributed by atoms with Gasteiger partial charge < -0.3 is 4.74 Å². The fraction of sp³-hybridized carbons (Fsp3) is 0.440. The van der Waals surface area contributed by atoms with Gasteiger partial charge in [0.15, 0.2) is 5.13 Å². The third kappa shape index (κ3) is 5.48. The molecule has 3 aromatic rings. The van der Waals surface area contributed by atoms with Crippen LogP contribution in [-0.2, 0) is 9.53 Å². The zero-order valence-corrected chi connectivity index (χ0v) is 20.1. The summed E-state index contributed by atoms with van der Waals surface area (Å²) in [6.07, 6.45) is 2.65. The van der Waals surface area contributed by atoms with Gasteiger partial charge in [-0.3, -0.25) is 9.69 Å². The van der Waals surface area contributed by atoms with E-state index in [1.165, 1.54) is 16.0 Å². The molecule has 4 rings (SSSR count). The van der Waals surface area contributed by atoms with E-state index in [0.717, 1.165) is 40.5 Å². The largest absolute Gasteiger partial charge is 0.376 e. The Hall–Kier alpha value is -1.89. The van der Waals surface area contributed by atoms with Gasteiger partial charge in [-0.1, -0.05) is 55.0 Å². The average Bonchev–Trinajstić information content (AvgIpc) is 3.42. The van der Waals surface area contributed by atoms with Crippen LogP contribution in [0.5, 0.6) is 0 Å². The molecule has 0 radical (unpaired) electrons. The molecule has 1 amide bonds. The monoisotopic (exact) mass is 454 g/mol. The van der Waals surface area contributed by atoms with Crippen LogP contribution < -0.4 is 4.90 Å². The zero-order valence-electron chi connectivity index (χ0n) is 18.5. The molecule has 1 aromatic heterocycles. The quantitative estimate of drug-likeness (QED) is 0.368. The third-order valence-corrected chi connectivity index (χ3v) is 7.67. The zero-order chi connectivity index (χ0) is 21.8. The Labute approximate surface area is 193 Å². The number of amides is 1. The lowest BCUT2D eigenvalue weighted by Crippen LogP contribution is -2.37. The Morgan fingerprint density at radius 3 is 2.77 bits per heavy atom. The van der Waals surface area contributed by atoms with Crippen molar-refractivity contribution < 1.29 is 9.53 Å². The van der Waals surface area contributed by atoms with Gasteiger partial charge in [-0.05, 0) is 49.4 Å². The molecule has 1 atom stereocenters. The minimum absolute atomic E-state index is 0.102. The number of aromatic nitrogens is 1. The van der Waals surface area contributed by atoms with Crippen LogP contribution in [-0.4, -0.2) is 35.9 Å². The Morgan fingerprint density at radius 2 is 2.06 bits per heavy atom. The maximum Gasteiger partial charge on any atom is 0.229 e. The van der Waals surface area contributed by atoms with E-state index in [1.54, 1.807) is 23.1 Å². The number of hydrogen-bond acceptors (Lipinski definition) is 5. The van der Waals surface area contributed by atoms with Gasteiger partial charge in [-0.2, -0.15) is 0 Å². The van der Waals surface area contributed by atoms with Crippen LogP contribution in [0.15, 0.2) is 47.4 Å². The summed E-state index contributed by atoms with van der Waals surface area (Å²) in [5, 5.41) is 0.795. The number of carbonyl (C=O) groups is 1. The number of ether oxygens (including phenoxy) is 1. The van der Waals surface area contributed by atoms with Crippen LogP contribution in [0.25, 0.3) is 10.2 Å². The van der Waals surface area contributed by atoms with Crippen molar-refractivity contribution in [3.05, 3.63) is 53.6 Å². The summed E-state index contributed by atoms with van der Waals surface area (Å²) in [5.74, 6) is 1.28. The van der Waals surface area contributed by atoms with E-state index in [2.05, 4.69) is 63.2 Å². The third-order valence-electron chi connectivity index (χ3n) is 5.61. The molecule has 1 aliphatic heterocycles. The summed E-state index contributed by atoms with van der Waals surface area (Å²) < 4.78 is 6.99. The highest BCUT2D eigenvalue weighted by atomic mass is 32.2. The van der Waals surface area contributed by atoms with Crippen molar-refractivity contribution >= 4 is 44.4 Å². The highest BCUT2D eigenvalue weighted by Crippen LogP contribution is 2.34. The molecule has 0 aliphatic carbocycles. The number of nitrogens with zero attached hydrogens (tertiary/aromatic N) is 2. The minimum Gasteiger partial charge on any atom is -0.376 e. The van der Waals surface area contributed by atoms with Crippen molar-refractivity contribution in [2.24, 2.45) is 0 Å². The fourth-order valence-electron chi connectivity index (χ4n) is 3.84. The molecule has 0 bridgehead atoms. The summed E-state index contributed by atoms with van der Waals surface area (Å²) in [7, 11) is 0. The standard InChI is InChI=1S/C25H30N2O2S2/c1-17(2)21-7-4-8-22-24(21)26-25(31-22)27(16-19-6-5-14-29-19)23(28)13-15-30-20-11-9-18(3)10-12-20/h4,7-12,17,19H,5-6,13-16H2,1-3H3. The lowest BCUT2D eigenvalue weighted by molar-refractivity contribution is -0.118. The summed E-state index contributed by atoms with van der Waals surface area (Å²) in [4.78, 5) is 21.3. The molecule has 6 heteroatoms. The van der Waals surface area contributed by atoms with Crippen LogP contribution in [0, 0.1) is 6.92 Å². The van der Waals surface area contributed by atoms with Crippen molar-refractivity contribution in [3.8, 4) is 0 Å². The van der Waals surface area contributed by atoms with Crippen molar-refractivity contribution in [1.29, 1.82) is 0 Å². The summed E-state index contributed by atoms with van der Waals surface area (Å²) in [6.45, 7) is 7.83. The van der Waals surface area contributed by atoms with Crippen molar-refractivity contribution in [3.63, 3.8) is 0 Å². The number of thioether (sulfide) groups is 1. The predicted octanol–water partition coefficient (Wildman–Crippen LogP) is 6.42. The van der Waals surface area contributed by atoms with Gasteiger partial charge in [-0.25, -0.2) is 4.98 Å².